The van der Waals surface area contributed by atoms with Crippen molar-refractivity contribution < 1.29 is 14.3 Å². The molecule has 1 N–H and O–H groups in total. The molecule has 0 radical (unpaired) electrons. The van der Waals surface area contributed by atoms with E-state index in [1.54, 1.807) is 10.9 Å². The number of piperidine rings is 1. The fourth-order valence-electron chi connectivity index (χ4n) is 4.13. The first-order valence-corrected chi connectivity index (χ1v) is 9.46. The van der Waals surface area contributed by atoms with Crippen LogP contribution in [0.5, 0.6) is 0 Å². The van der Waals surface area contributed by atoms with Crippen molar-refractivity contribution in [2.75, 3.05) is 13.1 Å². The number of aryl methyl sites for hydroxylation is 2. The van der Waals surface area contributed by atoms with Crippen LogP contribution < -0.4 is 0 Å². The first-order chi connectivity index (χ1) is 13.0. The summed E-state index contributed by atoms with van der Waals surface area (Å²) >= 11 is 0. The van der Waals surface area contributed by atoms with Crippen molar-refractivity contribution in [3.05, 3.63) is 53.0 Å². The summed E-state index contributed by atoms with van der Waals surface area (Å²) in [5, 5.41) is 14.5. The molecule has 1 aliphatic rings. The third-order valence-electron chi connectivity index (χ3n) is 5.52. The van der Waals surface area contributed by atoms with E-state index >= 15 is 0 Å². The molecule has 0 amide bonds. The molecule has 3 heterocycles. The minimum absolute atomic E-state index is 0.0825. The average molecular weight is 367 g/mol. The fourth-order valence-corrected chi connectivity index (χ4v) is 4.13. The lowest BCUT2D eigenvalue weighted by molar-refractivity contribution is -0.137. The van der Waals surface area contributed by atoms with E-state index < -0.39 is 5.97 Å². The minimum atomic E-state index is -0.860. The molecular formula is C21H25N3O3. The second-order valence-electron chi connectivity index (χ2n) is 7.53. The molecule has 0 spiro atoms. The number of likely N-dealkylation sites (tertiary alicyclic amines) is 1. The van der Waals surface area contributed by atoms with Crippen LogP contribution in [0.25, 0.3) is 11.0 Å². The summed E-state index contributed by atoms with van der Waals surface area (Å²) in [5.74, 6) is 0.462. The molecule has 1 fully saturated rings. The lowest BCUT2D eigenvalue weighted by atomic mass is 9.94. The number of rotatable bonds is 5. The van der Waals surface area contributed by atoms with Crippen molar-refractivity contribution in [3.63, 3.8) is 0 Å². The summed E-state index contributed by atoms with van der Waals surface area (Å²) in [5.41, 5.74) is 4.41. The Kier molecular flexibility index (Phi) is 4.74. The predicted molar refractivity (Wildman–Crippen MR) is 103 cm³/mol. The van der Waals surface area contributed by atoms with E-state index in [1.165, 1.54) is 16.5 Å². The van der Waals surface area contributed by atoms with Crippen molar-refractivity contribution in [1.82, 2.24) is 14.7 Å². The Morgan fingerprint density at radius 3 is 3.00 bits per heavy atom. The first-order valence-electron chi connectivity index (χ1n) is 9.46. The highest BCUT2D eigenvalue weighted by atomic mass is 16.4. The number of carbonyl (C=O) groups is 1. The lowest BCUT2D eigenvalue weighted by Gasteiger charge is -2.32. The van der Waals surface area contributed by atoms with E-state index in [0.29, 0.717) is 5.92 Å². The van der Waals surface area contributed by atoms with Crippen LogP contribution >= 0.6 is 0 Å². The highest BCUT2D eigenvalue weighted by Gasteiger charge is 2.26. The fraction of sp³-hybridized carbons (Fsp3) is 0.429. The largest absolute Gasteiger partial charge is 0.480 e. The number of carboxylic acids is 1. The van der Waals surface area contributed by atoms with Gasteiger partial charge in [0.2, 0.25) is 0 Å². The summed E-state index contributed by atoms with van der Waals surface area (Å²) in [6.45, 7) is 6.84. The zero-order valence-electron chi connectivity index (χ0n) is 15.8. The molecule has 0 unspecified atom stereocenters. The molecule has 0 aliphatic carbocycles. The number of furan rings is 1. The molecule has 3 aromatic rings. The van der Waals surface area contributed by atoms with Gasteiger partial charge < -0.3 is 9.52 Å². The molecule has 0 saturated carbocycles. The Bertz CT molecular complexity index is 972. The highest BCUT2D eigenvalue weighted by molar-refractivity contribution is 5.82. The Labute approximate surface area is 158 Å². The van der Waals surface area contributed by atoms with E-state index in [9.17, 15) is 4.79 Å². The van der Waals surface area contributed by atoms with Crippen LogP contribution in [0.15, 0.2) is 34.9 Å². The lowest BCUT2D eigenvalue weighted by Crippen LogP contribution is -2.35. The van der Waals surface area contributed by atoms with Gasteiger partial charge in [-0.2, -0.15) is 5.10 Å². The zero-order chi connectivity index (χ0) is 19.0. The van der Waals surface area contributed by atoms with Crippen LogP contribution in [0.3, 0.4) is 0 Å². The van der Waals surface area contributed by atoms with Crippen LogP contribution in [0, 0.1) is 13.8 Å². The van der Waals surface area contributed by atoms with Crippen molar-refractivity contribution in [1.29, 1.82) is 0 Å². The molecule has 142 valence electrons. The summed E-state index contributed by atoms with van der Waals surface area (Å²) in [4.78, 5) is 13.5. The molecule has 6 heteroatoms. The maximum atomic E-state index is 11.1. The highest BCUT2D eigenvalue weighted by Crippen LogP contribution is 2.31. The number of carboxylic acid groups (broad SMARTS) is 1. The maximum absolute atomic E-state index is 11.1. The Hall–Kier alpha value is -2.60. The number of hydrogen-bond donors (Lipinski definition) is 1. The summed E-state index contributed by atoms with van der Waals surface area (Å²) in [6, 6.07) is 8.26. The van der Waals surface area contributed by atoms with E-state index in [4.69, 9.17) is 9.52 Å². The molecule has 1 aromatic carbocycles. The Morgan fingerprint density at radius 1 is 1.33 bits per heavy atom. The van der Waals surface area contributed by atoms with Crippen molar-refractivity contribution in [2.24, 2.45) is 0 Å². The monoisotopic (exact) mass is 367 g/mol. The molecule has 6 nitrogen and oxygen atoms in total. The SMILES string of the molecule is Cc1ccc2oc(CN3CCC[C@H](c4ccnn4CC(=O)O)C3)c(C)c2c1. The van der Waals surface area contributed by atoms with Crippen LogP contribution in [0.4, 0.5) is 0 Å². The number of benzene rings is 1. The number of fused-ring (bicyclic) bond motifs is 1. The molecule has 2 aromatic heterocycles. The zero-order valence-corrected chi connectivity index (χ0v) is 15.8. The van der Waals surface area contributed by atoms with E-state index in [0.717, 1.165) is 49.5 Å². The molecule has 1 aliphatic heterocycles. The first kappa shape index (κ1) is 17.8. The molecule has 27 heavy (non-hydrogen) atoms. The van der Waals surface area contributed by atoms with Crippen molar-refractivity contribution >= 4 is 16.9 Å². The summed E-state index contributed by atoms with van der Waals surface area (Å²) < 4.78 is 7.74. The normalized spacial score (nSPS) is 18.2. The smallest absolute Gasteiger partial charge is 0.325 e. The van der Waals surface area contributed by atoms with Gasteiger partial charge >= 0.3 is 5.97 Å². The third kappa shape index (κ3) is 3.62. The standard InChI is InChI=1S/C21H25N3O3/c1-14-5-6-19-17(10-14)15(2)20(27-19)12-23-9-3-4-16(11-23)18-7-8-22-24(18)13-21(25)26/h5-8,10,16H,3-4,9,11-13H2,1-2H3,(H,25,26)/t16-/m0/s1. The molecule has 0 bridgehead atoms. The second kappa shape index (κ2) is 7.19. The summed E-state index contributed by atoms with van der Waals surface area (Å²) in [6.07, 6.45) is 3.84. The minimum Gasteiger partial charge on any atom is -0.480 e. The Balaban J connectivity index is 1.52. The number of hydrogen-bond acceptors (Lipinski definition) is 4. The molecule has 4 rings (SSSR count). The van der Waals surface area contributed by atoms with Gasteiger partial charge in [0, 0.05) is 29.7 Å². The van der Waals surface area contributed by atoms with Crippen LogP contribution in [0.2, 0.25) is 0 Å². The van der Waals surface area contributed by atoms with Gasteiger partial charge in [-0.15, -0.1) is 0 Å². The van der Waals surface area contributed by atoms with Gasteiger partial charge in [0.15, 0.2) is 0 Å². The van der Waals surface area contributed by atoms with Gasteiger partial charge in [-0.3, -0.25) is 14.4 Å². The van der Waals surface area contributed by atoms with Gasteiger partial charge in [-0.1, -0.05) is 11.6 Å². The molecular weight excluding hydrogens is 342 g/mol. The van der Waals surface area contributed by atoms with Crippen LogP contribution in [0.1, 0.15) is 41.3 Å². The quantitative estimate of drug-likeness (QED) is 0.744. The maximum Gasteiger partial charge on any atom is 0.325 e. The number of aliphatic carboxylic acids is 1. The van der Waals surface area contributed by atoms with E-state index in [2.05, 4.69) is 36.0 Å². The third-order valence-corrected chi connectivity index (χ3v) is 5.52. The topological polar surface area (TPSA) is 71.5 Å². The van der Waals surface area contributed by atoms with Crippen LogP contribution in [-0.2, 0) is 17.9 Å². The van der Waals surface area contributed by atoms with Crippen molar-refractivity contribution in [2.45, 2.75) is 45.7 Å². The predicted octanol–water partition coefficient (Wildman–Crippen LogP) is 3.71. The Morgan fingerprint density at radius 2 is 2.19 bits per heavy atom. The molecule has 1 saturated heterocycles. The van der Waals surface area contributed by atoms with Gasteiger partial charge in [0.05, 0.1) is 6.54 Å². The van der Waals surface area contributed by atoms with Crippen LogP contribution in [-0.4, -0.2) is 38.8 Å². The average Bonchev–Trinajstić information content (AvgIpc) is 3.20. The molecule has 1 atom stereocenters. The number of aromatic nitrogens is 2. The van der Waals surface area contributed by atoms with E-state index in [-0.39, 0.29) is 6.54 Å². The van der Waals surface area contributed by atoms with Gasteiger partial charge in [-0.25, -0.2) is 0 Å². The van der Waals surface area contributed by atoms with Gasteiger partial charge in [0.1, 0.15) is 17.9 Å². The van der Waals surface area contributed by atoms with E-state index in [1.807, 2.05) is 12.1 Å². The van der Waals surface area contributed by atoms with Gasteiger partial charge in [0.25, 0.3) is 0 Å². The summed E-state index contributed by atoms with van der Waals surface area (Å²) in [7, 11) is 0. The second-order valence-corrected chi connectivity index (χ2v) is 7.53. The van der Waals surface area contributed by atoms with Crippen molar-refractivity contribution in [3.8, 4) is 0 Å². The number of nitrogens with zero attached hydrogens (tertiary/aromatic N) is 3. The van der Waals surface area contributed by atoms with Gasteiger partial charge in [-0.05, 0) is 57.0 Å².